The van der Waals surface area contributed by atoms with E-state index >= 15 is 0 Å². The van der Waals surface area contributed by atoms with Gasteiger partial charge in [-0.05, 0) is 49.4 Å². The molecule has 1 atom stereocenters. The van der Waals surface area contributed by atoms with E-state index in [2.05, 4.69) is 65.9 Å². The summed E-state index contributed by atoms with van der Waals surface area (Å²) in [6.07, 6.45) is 0.955. The normalized spacial score (nSPS) is 12.9. The molecule has 5 heteroatoms. The molecule has 1 heterocycles. The van der Waals surface area contributed by atoms with Crippen molar-refractivity contribution >= 4 is 15.9 Å². The molecule has 0 aliphatic carbocycles. The molecule has 0 aliphatic heterocycles. The highest BCUT2D eigenvalue weighted by Crippen LogP contribution is 2.28. The van der Waals surface area contributed by atoms with Crippen LogP contribution < -0.4 is 5.73 Å². The Hall–Kier alpha value is -1.20. The van der Waals surface area contributed by atoms with Crippen molar-refractivity contribution in [2.24, 2.45) is 11.7 Å². The lowest BCUT2D eigenvalue weighted by Crippen LogP contribution is -2.15. The first-order chi connectivity index (χ1) is 9.92. The third-order valence-electron chi connectivity index (χ3n) is 3.53. The number of nitrogens with zero attached hydrogens (tertiary/aromatic N) is 2. The summed E-state index contributed by atoms with van der Waals surface area (Å²) in [6, 6.07) is 4.12. The maximum atomic E-state index is 5.84. The van der Waals surface area contributed by atoms with Gasteiger partial charge in [-0.25, -0.2) is 0 Å². The van der Waals surface area contributed by atoms with Crippen molar-refractivity contribution in [1.82, 2.24) is 10.1 Å². The molecular formula is C16H22BrN3O. The number of aromatic nitrogens is 2. The van der Waals surface area contributed by atoms with Crippen LogP contribution in [0, 0.1) is 19.8 Å². The second-order valence-electron chi connectivity index (χ2n) is 5.94. The predicted molar refractivity (Wildman–Crippen MR) is 88.2 cm³/mol. The van der Waals surface area contributed by atoms with Gasteiger partial charge in [-0.1, -0.05) is 34.9 Å². The van der Waals surface area contributed by atoms with Crippen LogP contribution in [0.25, 0.3) is 11.4 Å². The first-order valence-corrected chi connectivity index (χ1v) is 8.02. The zero-order valence-corrected chi connectivity index (χ0v) is 14.6. The summed E-state index contributed by atoms with van der Waals surface area (Å²) >= 11 is 3.57. The largest absolute Gasteiger partial charge is 0.339 e. The molecule has 1 unspecified atom stereocenters. The van der Waals surface area contributed by atoms with Crippen LogP contribution in [-0.2, 0) is 0 Å². The molecule has 0 amide bonds. The topological polar surface area (TPSA) is 64.9 Å². The Morgan fingerprint density at radius 3 is 2.38 bits per heavy atom. The fourth-order valence-electron chi connectivity index (χ4n) is 2.46. The van der Waals surface area contributed by atoms with E-state index < -0.39 is 0 Å². The highest BCUT2D eigenvalue weighted by Gasteiger charge is 2.20. The van der Waals surface area contributed by atoms with Crippen molar-refractivity contribution in [3.8, 4) is 11.4 Å². The highest BCUT2D eigenvalue weighted by atomic mass is 79.9. The van der Waals surface area contributed by atoms with Gasteiger partial charge in [-0.15, -0.1) is 0 Å². The Bertz CT molecular complexity index is 599. The van der Waals surface area contributed by atoms with Gasteiger partial charge in [0.15, 0.2) is 0 Å². The van der Waals surface area contributed by atoms with Gasteiger partial charge in [0, 0.05) is 16.6 Å². The van der Waals surface area contributed by atoms with E-state index in [9.17, 15) is 0 Å². The zero-order valence-electron chi connectivity index (χ0n) is 13.0. The first kappa shape index (κ1) is 16.2. The molecule has 1 aromatic carbocycles. The van der Waals surface area contributed by atoms with Gasteiger partial charge in [-0.2, -0.15) is 4.98 Å². The minimum absolute atomic E-state index is 0.129. The molecule has 0 radical (unpaired) electrons. The molecule has 2 aromatic rings. The molecule has 0 bridgehead atoms. The van der Waals surface area contributed by atoms with Gasteiger partial charge in [0.2, 0.25) is 11.7 Å². The quantitative estimate of drug-likeness (QED) is 0.876. The monoisotopic (exact) mass is 351 g/mol. The first-order valence-electron chi connectivity index (χ1n) is 7.23. The van der Waals surface area contributed by atoms with E-state index in [-0.39, 0.29) is 5.92 Å². The van der Waals surface area contributed by atoms with Crippen molar-refractivity contribution in [1.29, 1.82) is 0 Å². The summed E-state index contributed by atoms with van der Waals surface area (Å²) in [5.74, 6) is 1.94. The van der Waals surface area contributed by atoms with Crippen LogP contribution in [0.2, 0.25) is 0 Å². The second kappa shape index (κ2) is 6.71. The second-order valence-corrected chi connectivity index (χ2v) is 6.74. The van der Waals surface area contributed by atoms with E-state index in [4.69, 9.17) is 10.3 Å². The summed E-state index contributed by atoms with van der Waals surface area (Å²) in [7, 11) is 0. The summed E-state index contributed by atoms with van der Waals surface area (Å²) < 4.78 is 6.55. The third kappa shape index (κ3) is 3.71. The van der Waals surface area contributed by atoms with E-state index in [0.29, 0.717) is 24.2 Å². The summed E-state index contributed by atoms with van der Waals surface area (Å²) in [4.78, 5) is 4.54. The fraction of sp³-hybridized carbons (Fsp3) is 0.500. The summed E-state index contributed by atoms with van der Waals surface area (Å²) in [5.41, 5.74) is 9.13. The number of aryl methyl sites for hydroxylation is 2. The van der Waals surface area contributed by atoms with Crippen LogP contribution in [0.1, 0.15) is 43.2 Å². The van der Waals surface area contributed by atoms with E-state index in [0.717, 1.165) is 27.6 Å². The number of halogens is 1. The summed E-state index contributed by atoms with van der Waals surface area (Å²) in [6.45, 7) is 8.98. The van der Waals surface area contributed by atoms with Crippen molar-refractivity contribution in [3.63, 3.8) is 0 Å². The van der Waals surface area contributed by atoms with Gasteiger partial charge in [0.25, 0.3) is 0 Å². The molecule has 0 saturated heterocycles. The van der Waals surface area contributed by atoms with Crippen molar-refractivity contribution in [3.05, 3.63) is 33.6 Å². The fourth-order valence-corrected chi connectivity index (χ4v) is 2.69. The van der Waals surface area contributed by atoms with Gasteiger partial charge < -0.3 is 10.3 Å². The van der Waals surface area contributed by atoms with Crippen LogP contribution in [0.5, 0.6) is 0 Å². The van der Waals surface area contributed by atoms with Gasteiger partial charge >= 0.3 is 0 Å². The van der Waals surface area contributed by atoms with Crippen LogP contribution in [0.15, 0.2) is 21.1 Å². The molecule has 0 saturated carbocycles. The molecule has 1 aromatic heterocycles. The maximum Gasteiger partial charge on any atom is 0.231 e. The standard InChI is InChI=1S/C16H22BrN3O/c1-9(2)5-13(8-18)16-19-15(20-21-16)12-6-10(3)14(17)11(4)7-12/h6-7,9,13H,5,8,18H2,1-4H3. The molecular weight excluding hydrogens is 330 g/mol. The number of benzene rings is 1. The molecule has 2 N–H and O–H groups in total. The number of nitrogens with two attached hydrogens (primary N) is 1. The molecule has 0 fully saturated rings. The maximum absolute atomic E-state index is 5.84. The molecule has 4 nitrogen and oxygen atoms in total. The van der Waals surface area contributed by atoms with Crippen LogP contribution in [0.4, 0.5) is 0 Å². The van der Waals surface area contributed by atoms with Crippen molar-refractivity contribution in [2.45, 2.75) is 40.0 Å². The Kier molecular flexibility index (Phi) is 5.17. The average Bonchev–Trinajstić information content (AvgIpc) is 2.91. The number of hydrogen-bond acceptors (Lipinski definition) is 4. The zero-order chi connectivity index (χ0) is 15.6. The van der Waals surface area contributed by atoms with E-state index in [1.54, 1.807) is 0 Å². The van der Waals surface area contributed by atoms with Gasteiger partial charge in [-0.3, -0.25) is 0 Å². The Morgan fingerprint density at radius 2 is 1.86 bits per heavy atom. The molecule has 0 spiro atoms. The lowest BCUT2D eigenvalue weighted by molar-refractivity contribution is 0.335. The van der Waals surface area contributed by atoms with E-state index in [1.807, 2.05) is 0 Å². The summed E-state index contributed by atoms with van der Waals surface area (Å²) in [5, 5.41) is 4.12. The number of rotatable bonds is 5. The third-order valence-corrected chi connectivity index (χ3v) is 4.78. The smallest absolute Gasteiger partial charge is 0.231 e. The lowest BCUT2D eigenvalue weighted by Gasteiger charge is -2.11. The van der Waals surface area contributed by atoms with Gasteiger partial charge in [0.1, 0.15) is 0 Å². The van der Waals surface area contributed by atoms with Crippen molar-refractivity contribution in [2.75, 3.05) is 6.54 Å². The Labute approximate surface area is 134 Å². The van der Waals surface area contributed by atoms with E-state index in [1.165, 1.54) is 0 Å². The Morgan fingerprint density at radius 1 is 1.24 bits per heavy atom. The Balaban J connectivity index is 2.31. The predicted octanol–water partition coefficient (Wildman–Crippen LogP) is 4.20. The molecule has 21 heavy (non-hydrogen) atoms. The van der Waals surface area contributed by atoms with Gasteiger partial charge in [0.05, 0.1) is 5.92 Å². The van der Waals surface area contributed by atoms with Crippen molar-refractivity contribution < 1.29 is 4.52 Å². The average molecular weight is 352 g/mol. The minimum Gasteiger partial charge on any atom is -0.339 e. The SMILES string of the molecule is Cc1cc(-c2noc(C(CN)CC(C)C)n2)cc(C)c1Br. The van der Waals surface area contributed by atoms with Crippen LogP contribution in [0.3, 0.4) is 0 Å². The highest BCUT2D eigenvalue weighted by molar-refractivity contribution is 9.10. The lowest BCUT2D eigenvalue weighted by atomic mass is 9.97. The minimum atomic E-state index is 0.129. The molecule has 0 aliphatic rings. The number of hydrogen-bond donors (Lipinski definition) is 1. The van der Waals surface area contributed by atoms with Crippen LogP contribution in [-0.4, -0.2) is 16.7 Å². The van der Waals surface area contributed by atoms with Crippen LogP contribution >= 0.6 is 15.9 Å². The molecule has 114 valence electrons. The molecule has 2 rings (SSSR count).